The molecule has 0 radical (unpaired) electrons. The summed E-state index contributed by atoms with van der Waals surface area (Å²) >= 11 is 1.85. The van der Waals surface area contributed by atoms with Gasteiger partial charge in [0, 0.05) is 26.5 Å². The van der Waals surface area contributed by atoms with Gasteiger partial charge in [0.05, 0.1) is 16.8 Å². The molecule has 2 aliphatic rings. The highest BCUT2D eigenvalue weighted by atomic mass is 32.2. The van der Waals surface area contributed by atoms with Crippen LogP contribution >= 0.6 is 11.8 Å². The quantitative estimate of drug-likeness (QED) is 0.174. The Balaban J connectivity index is 1.11. The average Bonchev–Trinajstić information content (AvgIpc) is 3.51. The van der Waals surface area contributed by atoms with E-state index in [9.17, 15) is 0 Å². The van der Waals surface area contributed by atoms with Crippen LogP contribution in [0.3, 0.4) is 0 Å². The highest BCUT2D eigenvalue weighted by Crippen LogP contribution is 2.62. The van der Waals surface area contributed by atoms with Crippen LogP contribution in [0, 0.1) is 0 Å². The van der Waals surface area contributed by atoms with Crippen molar-refractivity contribution < 1.29 is 0 Å². The first kappa shape index (κ1) is 29.4. The van der Waals surface area contributed by atoms with Gasteiger partial charge in [0.25, 0.3) is 0 Å². The van der Waals surface area contributed by atoms with Crippen molar-refractivity contribution in [3.8, 4) is 45.0 Å². The van der Waals surface area contributed by atoms with Crippen molar-refractivity contribution in [2.24, 2.45) is 0 Å². The summed E-state index contributed by atoms with van der Waals surface area (Å²) in [6, 6.07) is 66.0. The van der Waals surface area contributed by atoms with E-state index in [4.69, 9.17) is 9.97 Å². The van der Waals surface area contributed by atoms with E-state index in [0.717, 1.165) is 33.9 Å². The lowest BCUT2D eigenvalue weighted by atomic mass is 9.67. The molecular formula is C49H30N2S. The number of rotatable bonds is 3. The van der Waals surface area contributed by atoms with Gasteiger partial charge in [0.2, 0.25) is 0 Å². The molecule has 8 aromatic carbocycles. The Morgan fingerprint density at radius 2 is 0.962 bits per heavy atom. The topological polar surface area (TPSA) is 25.8 Å². The summed E-state index contributed by atoms with van der Waals surface area (Å²) < 4.78 is 0. The molecule has 0 N–H and O–H groups in total. The minimum Gasteiger partial charge on any atom is -0.228 e. The SMILES string of the molecule is c1ccc(-c2cc(-c3ccc4c(ccc5ccccc54)c3)nc(-c3ccc4c(c3)Sc3ccccc3C43c4ccccc4-c4ccccc43)n2)cc1. The van der Waals surface area contributed by atoms with Crippen LogP contribution in [0.25, 0.3) is 66.6 Å². The molecule has 11 rings (SSSR count). The summed E-state index contributed by atoms with van der Waals surface area (Å²) in [5, 5.41) is 4.95. The molecule has 0 bridgehead atoms. The van der Waals surface area contributed by atoms with Gasteiger partial charge in [0.1, 0.15) is 0 Å². The number of fused-ring (bicyclic) bond motifs is 12. The molecule has 52 heavy (non-hydrogen) atoms. The zero-order chi connectivity index (χ0) is 34.2. The molecule has 0 unspecified atom stereocenters. The first-order valence-electron chi connectivity index (χ1n) is 17.7. The van der Waals surface area contributed by atoms with Crippen LogP contribution in [0.1, 0.15) is 22.3 Å². The van der Waals surface area contributed by atoms with Crippen molar-refractivity contribution in [1.29, 1.82) is 0 Å². The summed E-state index contributed by atoms with van der Waals surface area (Å²) in [4.78, 5) is 13.1. The van der Waals surface area contributed by atoms with Crippen LogP contribution in [0.2, 0.25) is 0 Å². The monoisotopic (exact) mass is 678 g/mol. The molecule has 1 aliphatic carbocycles. The lowest BCUT2D eigenvalue weighted by Crippen LogP contribution is -2.31. The third-order valence-corrected chi connectivity index (χ3v) is 12.1. The van der Waals surface area contributed by atoms with E-state index < -0.39 is 5.41 Å². The zero-order valence-corrected chi connectivity index (χ0v) is 28.9. The maximum atomic E-state index is 5.30. The van der Waals surface area contributed by atoms with Crippen LogP contribution < -0.4 is 0 Å². The lowest BCUT2D eigenvalue weighted by Gasteiger charge is -2.39. The van der Waals surface area contributed by atoms with E-state index in [1.165, 1.54) is 64.7 Å². The van der Waals surface area contributed by atoms with Crippen LogP contribution in [0.4, 0.5) is 0 Å². The Bertz CT molecular complexity index is 2850. The smallest absolute Gasteiger partial charge is 0.160 e. The van der Waals surface area contributed by atoms with Crippen molar-refractivity contribution >= 4 is 33.3 Å². The molecule has 0 amide bonds. The van der Waals surface area contributed by atoms with Gasteiger partial charge in [-0.15, -0.1) is 0 Å². The van der Waals surface area contributed by atoms with E-state index in [2.05, 4.69) is 176 Å². The molecule has 3 heteroatoms. The van der Waals surface area contributed by atoms with Crippen molar-refractivity contribution in [3.05, 3.63) is 204 Å². The molecule has 1 aliphatic heterocycles. The largest absolute Gasteiger partial charge is 0.228 e. The van der Waals surface area contributed by atoms with Crippen molar-refractivity contribution in [2.75, 3.05) is 0 Å². The number of nitrogens with zero attached hydrogens (tertiary/aromatic N) is 2. The molecular weight excluding hydrogens is 649 g/mol. The van der Waals surface area contributed by atoms with E-state index >= 15 is 0 Å². The minimum absolute atomic E-state index is 0.407. The number of aromatic nitrogens is 2. The van der Waals surface area contributed by atoms with Gasteiger partial charge in [0.15, 0.2) is 5.82 Å². The lowest BCUT2D eigenvalue weighted by molar-refractivity contribution is 0.722. The summed E-state index contributed by atoms with van der Waals surface area (Å²) in [6.07, 6.45) is 0. The molecule has 0 saturated heterocycles. The summed E-state index contributed by atoms with van der Waals surface area (Å²) in [5.74, 6) is 0.721. The number of hydrogen-bond acceptors (Lipinski definition) is 3. The normalized spacial score (nSPS) is 13.5. The van der Waals surface area contributed by atoms with E-state index in [1.807, 2.05) is 17.8 Å². The fourth-order valence-corrected chi connectivity index (χ4v) is 9.89. The predicted molar refractivity (Wildman–Crippen MR) is 215 cm³/mol. The van der Waals surface area contributed by atoms with Gasteiger partial charge in [-0.3, -0.25) is 0 Å². The van der Waals surface area contributed by atoms with Gasteiger partial charge in [-0.25, -0.2) is 9.97 Å². The van der Waals surface area contributed by atoms with Gasteiger partial charge >= 0.3 is 0 Å². The van der Waals surface area contributed by atoms with Crippen LogP contribution in [0.15, 0.2) is 192 Å². The zero-order valence-electron chi connectivity index (χ0n) is 28.1. The summed E-state index contributed by atoms with van der Waals surface area (Å²) in [7, 11) is 0. The van der Waals surface area contributed by atoms with E-state index in [1.54, 1.807) is 0 Å². The fraction of sp³-hybridized carbons (Fsp3) is 0.0204. The number of hydrogen-bond donors (Lipinski definition) is 0. The molecule has 242 valence electrons. The molecule has 1 spiro atoms. The molecule has 0 fully saturated rings. The molecule has 1 aromatic heterocycles. The van der Waals surface area contributed by atoms with Gasteiger partial charge in [-0.2, -0.15) is 0 Å². The molecule has 2 heterocycles. The second-order valence-corrected chi connectivity index (χ2v) is 14.8. The van der Waals surface area contributed by atoms with Gasteiger partial charge < -0.3 is 0 Å². The van der Waals surface area contributed by atoms with Crippen molar-refractivity contribution in [2.45, 2.75) is 15.2 Å². The van der Waals surface area contributed by atoms with Gasteiger partial charge in [-0.05, 0) is 79.2 Å². The summed E-state index contributed by atoms with van der Waals surface area (Å²) in [6.45, 7) is 0. The Morgan fingerprint density at radius 3 is 1.77 bits per heavy atom. The van der Waals surface area contributed by atoms with E-state index in [-0.39, 0.29) is 0 Å². The standard InChI is InChI=1S/C49H30N2S/c1-2-13-32(14-3-1)44-30-45(34-24-26-37-33(28-34)23-22-31-12-4-5-15-36(31)37)51-48(50-44)35-25-27-43-47(29-35)52-46-21-11-10-20-42(46)49(43)40-18-8-6-16-38(40)39-17-7-9-19-41(39)49/h1-30H. The Kier molecular flexibility index (Phi) is 6.43. The average molecular weight is 679 g/mol. The Labute approximate surface area is 306 Å². The highest BCUT2D eigenvalue weighted by molar-refractivity contribution is 7.99. The second-order valence-electron chi connectivity index (χ2n) is 13.7. The number of benzene rings is 8. The molecule has 0 saturated carbocycles. The van der Waals surface area contributed by atoms with Crippen molar-refractivity contribution in [1.82, 2.24) is 9.97 Å². The first-order valence-corrected chi connectivity index (χ1v) is 18.6. The van der Waals surface area contributed by atoms with E-state index in [0.29, 0.717) is 0 Å². The van der Waals surface area contributed by atoms with Crippen LogP contribution in [-0.2, 0) is 5.41 Å². The first-order chi connectivity index (χ1) is 25.8. The maximum Gasteiger partial charge on any atom is 0.160 e. The fourth-order valence-electron chi connectivity index (χ4n) is 8.65. The summed E-state index contributed by atoms with van der Waals surface area (Å²) in [5.41, 5.74) is 12.5. The minimum atomic E-state index is -0.407. The van der Waals surface area contributed by atoms with Gasteiger partial charge in [-0.1, -0.05) is 169 Å². The third kappa shape index (κ3) is 4.27. The Hall–Kier alpha value is -6.29. The second kappa shape index (κ2) is 11.4. The van der Waals surface area contributed by atoms with Crippen LogP contribution in [-0.4, -0.2) is 9.97 Å². The maximum absolute atomic E-state index is 5.30. The molecule has 9 aromatic rings. The molecule has 0 atom stereocenters. The van der Waals surface area contributed by atoms with Crippen LogP contribution in [0.5, 0.6) is 0 Å². The third-order valence-electron chi connectivity index (χ3n) is 10.9. The highest BCUT2D eigenvalue weighted by Gasteiger charge is 2.50. The predicted octanol–water partition coefficient (Wildman–Crippen LogP) is 12.6. The van der Waals surface area contributed by atoms with Crippen molar-refractivity contribution in [3.63, 3.8) is 0 Å². The Morgan fingerprint density at radius 1 is 0.365 bits per heavy atom. The molecule has 2 nitrogen and oxygen atoms in total.